The van der Waals surface area contributed by atoms with Crippen molar-refractivity contribution in [3.63, 3.8) is 0 Å². The smallest absolute Gasteiger partial charge is 0.133 e. The van der Waals surface area contributed by atoms with E-state index in [1.165, 1.54) is 0 Å². The van der Waals surface area contributed by atoms with Gasteiger partial charge >= 0.3 is 0 Å². The first-order valence-electron chi connectivity index (χ1n) is 5.27. The molecule has 1 aliphatic rings. The highest BCUT2D eigenvalue weighted by Crippen LogP contribution is 2.34. The van der Waals surface area contributed by atoms with Crippen molar-refractivity contribution < 1.29 is 4.79 Å². The Bertz CT molecular complexity index is 195. The lowest BCUT2D eigenvalue weighted by atomic mass is 9.72. The summed E-state index contributed by atoms with van der Waals surface area (Å²) in [5.41, 5.74) is 0. The molecule has 74 valence electrons. The number of ketones is 1. The van der Waals surface area contributed by atoms with Gasteiger partial charge in [0.15, 0.2) is 0 Å². The van der Waals surface area contributed by atoms with Gasteiger partial charge in [0.05, 0.1) is 0 Å². The zero-order chi connectivity index (χ0) is 9.84. The SMILES string of the molecule is C=CCC(C)C1CC(=O)CCC1C. The largest absolute Gasteiger partial charge is 0.300 e. The van der Waals surface area contributed by atoms with Gasteiger partial charge in [0.2, 0.25) is 0 Å². The molecule has 0 N–H and O–H groups in total. The van der Waals surface area contributed by atoms with Gasteiger partial charge in [0.1, 0.15) is 5.78 Å². The Labute approximate surface area is 81.2 Å². The van der Waals surface area contributed by atoms with Crippen LogP contribution in [0, 0.1) is 17.8 Å². The fraction of sp³-hybridized carbons (Fsp3) is 0.750. The molecule has 0 aromatic rings. The fourth-order valence-corrected chi connectivity index (χ4v) is 2.37. The van der Waals surface area contributed by atoms with E-state index in [2.05, 4.69) is 20.4 Å². The van der Waals surface area contributed by atoms with Gasteiger partial charge in [-0.2, -0.15) is 0 Å². The van der Waals surface area contributed by atoms with Crippen LogP contribution < -0.4 is 0 Å². The molecule has 1 aliphatic carbocycles. The monoisotopic (exact) mass is 180 g/mol. The molecule has 0 spiro atoms. The first kappa shape index (κ1) is 10.5. The van der Waals surface area contributed by atoms with Crippen LogP contribution in [0.4, 0.5) is 0 Å². The Morgan fingerprint density at radius 1 is 1.69 bits per heavy atom. The molecule has 0 aromatic heterocycles. The molecule has 0 aliphatic heterocycles. The normalized spacial score (nSPS) is 31.4. The third-order valence-corrected chi connectivity index (χ3v) is 3.34. The predicted octanol–water partition coefficient (Wildman–Crippen LogP) is 3.20. The zero-order valence-corrected chi connectivity index (χ0v) is 8.75. The lowest BCUT2D eigenvalue weighted by Gasteiger charge is -2.32. The summed E-state index contributed by atoms with van der Waals surface area (Å²) in [6.07, 6.45) is 5.71. The Balaban J connectivity index is 2.54. The summed E-state index contributed by atoms with van der Waals surface area (Å²) in [4.78, 5) is 11.3. The second-order valence-electron chi connectivity index (χ2n) is 4.42. The van der Waals surface area contributed by atoms with Crippen molar-refractivity contribution >= 4 is 5.78 Å². The van der Waals surface area contributed by atoms with E-state index in [0.717, 1.165) is 25.7 Å². The Hall–Kier alpha value is -0.590. The predicted molar refractivity (Wildman–Crippen MR) is 55.5 cm³/mol. The van der Waals surface area contributed by atoms with Gasteiger partial charge in [-0.25, -0.2) is 0 Å². The molecule has 0 aromatic carbocycles. The standard InChI is InChI=1S/C12H20O/c1-4-5-9(2)12-8-11(13)7-6-10(12)3/h4,9-10,12H,1,5-8H2,2-3H3. The second kappa shape index (κ2) is 4.59. The molecular weight excluding hydrogens is 160 g/mol. The maximum Gasteiger partial charge on any atom is 0.133 e. The molecule has 1 saturated carbocycles. The summed E-state index contributed by atoms with van der Waals surface area (Å²) in [6.45, 7) is 8.27. The van der Waals surface area contributed by atoms with Gasteiger partial charge in [-0.15, -0.1) is 6.58 Å². The van der Waals surface area contributed by atoms with Gasteiger partial charge in [-0.3, -0.25) is 4.79 Å². The molecule has 3 atom stereocenters. The number of rotatable bonds is 3. The van der Waals surface area contributed by atoms with E-state index in [4.69, 9.17) is 0 Å². The zero-order valence-electron chi connectivity index (χ0n) is 8.75. The Morgan fingerprint density at radius 3 is 3.00 bits per heavy atom. The van der Waals surface area contributed by atoms with Crippen molar-refractivity contribution in [1.29, 1.82) is 0 Å². The van der Waals surface area contributed by atoms with E-state index < -0.39 is 0 Å². The van der Waals surface area contributed by atoms with Crippen LogP contribution in [0.25, 0.3) is 0 Å². The van der Waals surface area contributed by atoms with Crippen LogP contribution in [0.3, 0.4) is 0 Å². The second-order valence-corrected chi connectivity index (χ2v) is 4.42. The minimum atomic E-state index is 0.457. The van der Waals surface area contributed by atoms with Gasteiger partial charge in [-0.05, 0) is 30.6 Å². The number of carbonyl (C=O) groups is 1. The average Bonchev–Trinajstić information content (AvgIpc) is 2.09. The van der Waals surface area contributed by atoms with Gasteiger partial charge in [0, 0.05) is 12.8 Å². The molecule has 0 amide bonds. The lowest BCUT2D eigenvalue weighted by Crippen LogP contribution is -2.27. The van der Waals surface area contributed by atoms with Crippen LogP contribution in [0.5, 0.6) is 0 Å². The maximum absolute atomic E-state index is 11.3. The van der Waals surface area contributed by atoms with E-state index in [9.17, 15) is 4.79 Å². The van der Waals surface area contributed by atoms with E-state index >= 15 is 0 Å². The molecule has 1 heteroatoms. The van der Waals surface area contributed by atoms with Crippen LogP contribution in [0.15, 0.2) is 12.7 Å². The topological polar surface area (TPSA) is 17.1 Å². The lowest BCUT2D eigenvalue weighted by molar-refractivity contribution is -0.123. The maximum atomic E-state index is 11.3. The number of hydrogen-bond acceptors (Lipinski definition) is 1. The quantitative estimate of drug-likeness (QED) is 0.609. The average molecular weight is 180 g/mol. The molecule has 1 rings (SSSR count). The molecule has 13 heavy (non-hydrogen) atoms. The summed E-state index contributed by atoms with van der Waals surface area (Å²) < 4.78 is 0. The minimum absolute atomic E-state index is 0.457. The van der Waals surface area contributed by atoms with Gasteiger partial charge in [0.25, 0.3) is 0 Å². The fourth-order valence-electron chi connectivity index (χ4n) is 2.37. The number of allylic oxidation sites excluding steroid dienone is 1. The minimum Gasteiger partial charge on any atom is -0.300 e. The van der Waals surface area contributed by atoms with Crippen molar-refractivity contribution in [2.75, 3.05) is 0 Å². The highest BCUT2D eigenvalue weighted by atomic mass is 16.1. The molecule has 0 saturated heterocycles. The van der Waals surface area contributed by atoms with E-state index in [-0.39, 0.29) is 0 Å². The van der Waals surface area contributed by atoms with Crippen molar-refractivity contribution in [1.82, 2.24) is 0 Å². The van der Waals surface area contributed by atoms with Crippen LogP contribution in [0.1, 0.15) is 39.5 Å². The van der Waals surface area contributed by atoms with Crippen molar-refractivity contribution in [3.8, 4) is 0 Å². The molecule has 1 fully saturated rings. The molecule has 3 unspecified atom stereocenters. The van der Waals surface area contributed by atoms with E-state index in [1.807, 2.05) is 6.08 Å². The van der Waals surface area contributed by atoms with Gasteiger partial charge in [-0.1, -0.05) is 19.9 Å². The van der Waals surface area contributed by atoms with Crippen LogP contribution in [-0.2, 0) is 4.79 Å². The van der Waals surface area contributed by atoms with Crippen LogP contribution in [-0.4, -0.2) is 5.78 Å². The molecule has 0 radical (unpaired) electrons. The highest BCUT2D eigenvalue weighted by molar-refractivity contribution is 5.79. The summed E-state index contributed by atoms with van der Waals surface area (Å²) in [5, 5.41) is 0. The summed E-state index contributed by atoms with van der Waals surface area (Å²) in [6, 6.07) is 0. The number of Topliss-reactive ketones (excluding diaryl/α,β-unsaturated/α-hetero) is 1. The van der Waals surface area contributed by atoms with Crippen molar-refractivity contribution in [2.24, 2.45) is 17.8 Å². The van der Waals surface area contributed by atoms with Gasteiger partial charge < -0.3 is 0 Å². The summed E-state index contributed by atoms with van der Waals surface area (Å²) >= 11 is 0. The Kier molecular flexibility index (Phi) is 3.71. The highest BCUT2D eigenvalue weighted by Gasteiger charge is 2.29. The number of carbonyl (C=O) groups excluding carboxylic acids is 1. The summed E-state index contributed by atoms with van der Waals surface area (Å²) in [5.74, 6) is 2.39. The van der Waals surface area contributed by atoms with Crippen LogP contribution >= 0.6 is 0 Å². The Morgan fingerprint density at radius 2 is 2.38 bits per heavy atom. The third-order valence-electron chi connectivity index (χ3n) is 3.34. The summed E-state index contributed by atoms with van der Waals surface area (Å²) in [7, 11) is 0. The van der Waals surface area contributed by atoms with Crippen molar-refractivity contribution in [2.45, 2.75) is 39.5 Å². The third kappa shape index (κ3) is 2.68. The number of hydrogen-bond donors (Lipinski definition) is 0. The van der Waals surface area contributed by atoms with Crippen molar-refractivity contribution in [3.05, 3.63) is 12.7 Å². The molecule has 0 bridgehead atoms. The first-order valence-corrected chi connectivity index (χ1v) is 5.27. The van der Waals surface area contributed by atoms with E-state index in [0.29, 0.717) is 23.5 Å². The van der Waals surface area contributed by atoms with Crippen LogP contribution in [0.2, 0.25) is 0 Å². The molecule has 1 nitrogen and oxygen atoms in total. The first-order chi connectivity index (χ1) is 6.15. The molecule has 0 heterocycles. The van der Waals surface area contributed by atoms with E-state index in [1.54, 1.807) is 0 Å². The molecular formula is C12H20O.